The molecule has 45 heavy (non-hydrogen) atoms. The van der Waals surface area contributed by atoms with Crippen LogP contribution in [0.2, 0.25) is 0 Å². The Hall–Kier alpha value is -4.17. The largest absolute Gasteiger partial charge is 0.493 e. The van der Waals surface area contributed by atoms with Gasteiger partial charge in [0.15, 0.2) is 11.5 Å². The molecule has 3 N–H and O–H groups in total. The summed E-state index contributed by atoms with van der Waals surface area (Å²) in [6, 6.07) is 20.1. The molecule has 3 aromatic rings. The molecule has 0 radical (unpaired) electrons. The standard InChI is InChI=1S/C37H46N2O6/c1-6-9-14-21-45-30-20-19-26(22-31(30)44-5)32-33(35(41)38-27-17-12-10-15-24(27)7-2)29(40)23-37(4,43)34(32)36(42)39-28-18-13-11-16-25(28)8-3/h10-13,15-20,22,32-34,43H,6-9,14,21,23H2,1-5H3,(H,38,41)(H,39,42). The van der Waals surface area contributed by atoms with Gasteiger partial charge in [0.25, 0.3) is 0 Å². The maximum absolute atomic E-state index is 14.2. The average Bonchev–Trinajstić information content (AvgIpc) is 3.02. The number of para-hydroxylation sites is 2. The Morgan fingerprint density at radius 1 is 0.867 bits per heavy atom. The van der Waals surface area contributed by atoms with Crippen molar-refractivity contribution in [2.45, 2.75) is 77.7 Å². The number of rotatable bonds is 13. The number of hydrogen-bond donors (Lipinski definition) is 3. The number of hydrogen-bond acceptors (Lipinski definition) is 6. The summed E-state index contributed by atoms with van der Waals surface area (Å²) in [5.74, 6) is -3.85. The fourth-order valence-corrected chi connectivity index (χ4v) is 6.36. The highest BCUT2D eigenvalue weighted by atomic mass is 16.5. The Morgan fingerprint density at radius 2 is 1.47 bits per heavy atom. The lowest BCUT2D eigenvalue weighted by Crippen LogP contribution is -2.56. The van der Waals surface area contributed by atoms with Crippen molar-refractivity contribution in [1.82, 2.24) is 0 Å². The Kier molecular flexibility index (Phi) is 11.4. The highest BCUT2D eigenvalue weighted by Gasteiger charge is 2.56. The van der Waals surface area contributed by atoms with Gasteiger partial charge in [0.2, 0.25) is 11.8 Å². The van der Waals surface area contributed by atoms with E-state index in [4.69, 9.17) is 9.47 Å². The maximum Gasteiger partial charge on any atom is 0.235 e. The molecule has 0 saturated heterocycles. The fraction of sp³-hybridized carbons (Fsp3) is 0.432. The van der Waals surface area contributed by atoms with Crippen molar-refractivity contribution in [2.75, 3.05) is 24.4 Å². The Bertz CT molecular complexity index is 1500. The predicted molar refractivity (Wildman–Crippen MR) is 177 cm³/mol. The molecule has 0 bridgehead atoms. The van der Waals surface area contributed by atoms with Gasteiger partial charge < -0.3 is 25.2 Å². The van der Waals surface area contributed by atoms with E-state index in [9.17, 15) is 19.5 Å². The number of carbonyl (C=O) groups is 3. The van der Waals surface area contributed by atoms with Crippen molar-refractivity contribution >= 4 is 29.0 Å². The zero-order valence-electron chi connectivity index (χ0n) is 27.0. The number of benzene rings is 3. The molecule has 3 aromatic carbocycles. The molecule has 8 heteroatoms. The molecule has 0 aromatic heterocycles. The zero-order valence-corrected chi connectivity index (χ0v) is 27.0. The van der Waals surface area contributed by atoms with Gasteiger partial charge in [-0.05, 0) is 67.1 Å². The number of ether oxygens (including phenoxy) is 2. The third-order valence-corrected chi connectivity index (χ3v) is 8.72. The number of carbonyl (C=O) groups excluding carboxylic acids is 3. The van der Waals surface area contributed by atoms with E-state index in [1.807, 2.05) is 56.3 Å². The predicted octanol–water partition coefficient (Wildman–Crippen LogP) is 6.71. The van der Waals surface area contributed by atoms with E-state index in [0.29, 0.717) is 47.9 Å². The van der Waals surface area contributed by atoms with Crippen molar-refractivity contribution in [2.24, 2.45) is 11.8 Å². The second-order valence-corrected chi connectivity index (χ2v) is 11.9. The molecule has 1 fully saturated rings. The first-order valence-corrected chi connectivity index (χ1v) is 16.0. The van der Waals surface area contributed by atoms with Crippen LogP contribution in [0.3, 0.4) is 0 Å². The lowest BCUT2D eigenvalue weighted by molar-refractivity contribution is -0.150. The molecular weight excluding hydrogens is 568 g/mol. The number of unbranched alkanes of at least 4 members (excludes halogenated alkanes) is 2. The number of nitrogens with one attached hydrogen (secondary N) is 2. The number of methoxy groups -OCH3 is 1. The summed E-state index contributed by atoms with van der Waals surface area (Å²) in [6.45, 7) is 8.12. The monoisotopic (exact) mass is 614 g/mol. The van der Waals surface area contributed by atoms with Gasteiger partial charge in [0, 0.05) is 23.7 Å². The molecular formula is C37H46N2O6. The zero-order chi connectivity index (χ0) is 32.6. The first kappa shape index (κ1) is 33.7. The summed E-state index contributed by atoms with van der Waals surface area (Å²) in [5, 5.41) is 17.7. The van der Waals surface area contributed by atoms with Gasteiger partial charge in [0.1, 0.15) is 11.7 Å². The molecule has 0 aliphatic heterocycles. The minimum absolute atomic E-state index is 0.347. The maximum atomic E-state index is 14.2. The van der Waals surface area contributed by atoms with Gasteiger partial charge in [-0.1, -0.05) is 76.1 Å². The van der Waals surface area contributed by atoms with E-state index in [0.717, 1.165) is 30.4 Å². The van der Waals surface area contributed by atoms with Crippen LogP contribution in [0.4, 0.5) is 11.4 Å². The SMILES string of the molecule is CCCCCOc1ccc(C2C(C(=O)Nc3ccccc3CC)C(=O)CC(C)(O)C2C(=O)Nc2ccccc2CC)cc1OC. The van der Waals surface area contributed by atoms with Crippen LogP contribution < -0.4 is 20.1 Å². The molecule has 4 rings (SSSR count). The van der Waals surface area contributed by atoms with Gasteiger partial charge >= 0.3 is 0 Å². The molecule has 1 saturated carbocycles. The number of ketones is 1. The lowest BCUT2D eigenvalue weighted by Gasteiger charge is -2.44. The highest BCUT2D eigenvalue weighted by molar-refractivity contribution is 6.10. The van der Waals surface area contributed by atoms with E-state index in [1.54, 1.807) is 24.3 Å². The van der Waals surface area contributed by atoms with Crippen molar-refractivity contribution < 1.29 is 29.0 Å². The summed E-state index contributed by atoms with van der Waals surface area (Å²) in [7, 11) is 1.53. The summed E-state index contributed by atoms with van der Waals surface area (Å²) in [6.07, 6.45) is 4.03. The first-order valence-electron chi connectivity index (χ1n) is 16.0. The fourth-order valence-electron chi connectivity index (χ4n) is 6.36. The van der Waals surface area contributed by atoms with Crippen molar-refractivity contribution in [1.29, 1.82) is 0 Å². The van der Waals surface area contributed by atoms with Crippen molar-refractivity contribution in [3.8, 4) is 11.5 Å². The Balaban J connectivity index is 1.80. The second kappa shape index (κ2) is 15.2. The molecule has 0 spiro atoms. The molecule has 4 unspecified atom stereocenters. The van der Waals surface area contributed by atoms with Crippen molar-refractivity contribution in [3.05, 3.63) is 83.4 Å². The van der Waals surface area contributed by atoms with Gasteiger partial charge in [-0.15, -0.1) is 0 Å². The highest BCUT2D eigenvalue weighted by Crippen LogP contribution is 2.48. The summed E-state index contributed by atoms with van der Waals surface area (Å²) < 4.78 is 11.7. The van der Waals surface area contributed by atoms with Crippen molar-refractivity contribution in [3.63, 3.8) is 0 Å². The van der Waals surface area contributed by atoms with E-state index < -0.39 is 41.0 Å². The molecule has 0 heterocycles. The number of aliphatic hydroxyl groups is 1. The quantitative estimate of drug-likeness (QED) is 0.146. The first-order chi connectivity index (χ1) is 21.6. The van der Waals surface area contributed by atoms with E-state index in [-0.39, 0.29) is 6.42 Å². The lowest BCUT2D eigenvalue weighted by atomic mass is 9.61. The van der Waals surface area contributed by atoms with Crippen LogP contribution in [0.25, 0.3) is 0 Å². The smallest absolute Gasteiger partial charge is 0.235 e. The minimum Gasteiger partial charge on any atom is -0.493 e. The van der Waals surface area contributed by atoms with Gasteiger partial charge in [-0.2, -0.15) is 0 Å². The molecule has 4 atom stereocenters. The molecule has 240 valence electrons. The number of aryl methyl sites for hydroxylation is 2. The molecule has 2 amide bonds. The Morgan fingerprint density at radius 3 is 2.04 bits per heavy atom. The topological polar surface area (TPSA) is 114 Å². The van der Waals surface area contributed by atoms with Crippen LogP contribution in [0.1, 0.15) is 76.0 Å². The third kappa shape index (κ3) is 7.74. The summed E-state index contributed by atoms with van der Waals surface area (Å²) in [5.41, 5.74) is 1.89. The van der Waals surface area contributed by atoms with Gasteiger partial charge in [-0.25, -0.2) is 0 Å². The molecule has 1 aliphatic carbocycles. The molecule has 1 aliphatic rings. The Labute approximate surface area is 266 Å². The number of Topliss-reactive ketones (excluding diaryl/α,β-unsaturated/α-hetero) is 1. The van der Waals surface area contributed by atoms with Gasteiger partial charge in [0.05, 0.1) is 25.2 Å². The van der Waals surface area contributed by atoms with Crippen LogP contribution in [0, 0.1) is 11.8 Å². The van der Waals surface area contributed by atoms with E-state index >= 15 is 0 Å². The van der Waals surface area contributed by atoms with E-state index in [2.05, 4.69) is 17.6 Å². The van der Waals surface area contributed by atoms with Crippen LogP contribution >= 0.6 is 0 Å². The normalized spacial score (nSPS) is 21.2. The number of anilines is 2. The van der Waals surface area contributed by atoms with Crippen LogP contribution in [0.5, 0.6) is 11.5 Å². The second-order valence-electron chi connectivity index (χ2n) is 11.9. The minimum atomic E-state index is -1.73. The van der Waals surface area contributed by atoms with Crippen LogP contribution in [-0.4, -0.2) is 42.0 Å². The summed E-state index contributed by atoms with van der Waals surface area (Å²) >= 11 is 0. The average molecular weight is 615 g/mol. The van der Waals surface area contributed by atoms with Gasteiger partial charge in [-0.3, -0.25) is 14.4 Å². The summed E-state index contributed by atoms with van der Waals surface area (Å²) in [4.78, 5) is 42.1. The number of amides is 2. The molecule has 8 nitrogen and oxygen atoms in total. The van der Waals surface area contributed by atoms with Crippen LogP contribution in [0.15, 0.2) is 66.7 Å². The van der Waals surface area contributed by atoms with Crippen LogP contribution in [-0.2, 0) is 27.2 Å². The van der Waals surface area contributed by atoms with E-state index in [1.165, 1.54) is 14.0 Å². The third-order valence-electron chi connectivity index (χ3n) is 8.72.